The first-order valence-corrected chi connectivity index (χ1v) is 12.0. The number of aliphatic imine (C=N–C) groups is 1. The first-order chi connectivity index (χ1) is 14.6. The number of nitrogens with two attached hydrogens (primary N) is 1. The van der Waals surface area contributed by atoms with Crippen molar-refractivity contribution in [1.82, 2.24) is 0 Å². The van der Waals surface area contributed by atoms with Crippen LogP contribution in [0.15, 0.2) is 63.8 Å². The highest BCUT2D eigenvalue weighted by atomic mass is 32.2. The van der Waals surface area contributed by atoms with Gasteiger partial charge in [0.05, 0.1) is 11.0 Å². The fraction of sp³-hybridized carbons (Fsp3) is 0.238. The lowest BCUT2D eigenvalue weighted by Gasteiger charge is -2.12. The number of amides is 1. The number of ether oxygens (including phenoxy) is 2. The lowest BCUT2D eigenvalue weighted by atomic mass is 10.2. The molecular formula is C21H24N2O6S2. The van der Waals surface area contributed by atoms with E-state index in [4.69, 9.17) is 15.2 Å². The quantitative estimate of drug-likeness (QED) is 0.449. The largest absolute Gasteiger partial charge is 0.491 e. The van der Waals surface area contributed by atoms with Crippen molar-refractivity contribution in [3.05, 3.63) is 59.5 Å². The number of hydrogen-bond donors (Lipinski definition) is 2. The number of sulfone groups is 1. The Balaban J connectivity index is 2.33. The Kier molecular flexibility index (Phi) is 8.66. The van der Waals surface area contributed by atoms with E-state index in [2.05, 4.69) is 4.99 Å². The van der Waals surface area contributed by atoms with Crippen molar-refractivity contribution >= 4 is 32.7 Å². The predicted octanol–water partition coefficient (Wildman–Crippen LogP) is 3.36. The van der Waals surface area contributed by atoms with E-state index in [1.54, 1.807) is 24.5 Å². The van der Waals surface area contributed by atoms with Crippen molar-refractivity contribution in [2.75, 3.05) is 12.9 Å². The van der Waals surface area contributed by atoms with Gasteiger partial charge in [-0.3, -0.25) is 4.79 Å². The molecule has 0 aromatic heterocycles. The molecule has 2 aromatic rings. The predicted molar refractivity (Wildman–Crippen MR) is 122 cm³/mol. The average Bonchev–Trinajstić information content (AvgIpc) is 2.70. The molecule has 0 saturated heterocycles. The van der Waals surface area contributed by atoms with Crippen LogP contribution in [0, 0.1) is 0 Å². The minimum absolute atomic E-state index is 0.0166. The summed E-state index contributed by atoms with van der Waals surface area (Å²) in [7, 11) is -3.33. The number of carbonyl (C=O) groups excluding carboxylic acids is 1. The van der Waals surface area contributed by atoms with Crippen LogP contribution in [0.4, 0.5) is 0 Å². The molecule has 0 fully saturated rings. The third-order valence-corrected chi connectivity index (χ3v) is 5.51. The lowest BCUT2D eigenvalue weighted by Crippen LogP contribution is -2.13. The summed E-state index contributed by atoms with van der Waals surface area (Å²) >= 11 is 1.11. The van der Waals surface area contributed by atoms with Crippen LogP contribution in [0.2, 0.25) is 0 Å². The van der Waals surface area contributed by atoms with E-state index in [1.165, 1.54) is 36.4 Å². The third-order valence-electron chi connectivity index (χ3n) is 3.64. The molecule has 31 heavy (non-hydrogen) atoms. The number of aliphatic hydroxyl groups excluding tert-OH is 1. The van der Waals surface area contributed by atoms with Crippen molar-refractivity contribution in [1.29, 1.82) is 0 Å². The third kappa shape index (κ3) is 8.08. The first kappa shape index (κ1) is 24.4. The molecule has 2 rings (SSSR count). The van der Waals surface area contributed by atoms with Gasteiger partial charge in [-0.1, -0.05) is 17.8 Å². The zero-order valence-corrected chi connectivity index (χ0v) is 18.9. The number of benzene rings is 2. The van der Waals surface area contributed by atoms with Gasteiger partial charge in [-0.05, 0) is 55.7 Å². The number of carbonyl (C=O) groups is 1. The number of nitrogens with zero attached hydrogens (tertiary/aromatic N) is 1. The molecule has 166 valence electrons. The number of aliphatic hydroxyl groups is 1. The second-order valence-electron chi connectivity index (χ2n) is 6.54. The maximum Gasteiger partial charge on any atom is 0.279 e. The van der Waals surface area contributed by atoms with Gasteiger partial charge in [-0.2, -0.15) is 4.99 Å². The minimum Gasteiger partial charge on any atom is -0.491 e. The molecule has 0 aliphatic rings. The molecule has 1 atom stereocenters. The summed E-state index contributed by atoms with van der Waals surface area (Å²) in [5, 5.41) is 11.2. The number of thioether (sulfide) groups is 1. The SMILES string of the molecule is C/C=C/SC(N)=NC(=O)c1cc(OCC(C)O)cc(Oc2ccc(S(C)(=O)=O)cc2)c1. The normalized spacial score (nSPS) is 13.2. The number of allylic oxidation sites excluding steroid dienone is 1. The van der Waals surface area contributed by atoms with E-state index in [9.17, 15) is 18.3 Å². The van der Waals surface area contributed by atoms with Crippen LogP contribution in [-0.2, 0) is 9.84 Å². The molecular weight excluding hydrogens is 440 g/mol. The molecule has 10 heteroatoms. The van der Waals surface area contributed by atoms with Crippen molar-refractivity contribution in [2.45, 2.75) is 24.8 Å². The Morgan fingerprint density at radius 2 is 1.84 bits per heavy atom. The van der Waals surface area contributed by atoms with E-state index in [0.717, 1.165) is 18.0 Å². The summed E-state index contributed by atoms with van der Waals surface area (Å²) in [6.07, 6.45) is 2.17. The van der Waals surface area contributed by atoms with Crippen LogP contribution in [-0.4, -0.2) is 43.6 Å². The molecule has 1 amide bonds. The van der Waals surface area contributed by atoms with E-state index in [0.29, 0.717) is 11.5 Å². The topological polar surface area (TPSA) is 128 Å². The summed E-state index contributed by atoms with van der Waals surface area (Å²) in [4.78, 5) is 16.5. The van der Waals surface area contributed by atoms with Crippen molar-refractivity contribution in [3.8, 4) is 17.2 Å². The first-order valence-electron chi connectivity index (χ1n) is 9.18. The summed E-state index contributed by atoms with van der Waals surface area (Å²) in [5.41, 5.74) is 5.92. The maximum atomic E-state index is 12.5. The van der Waals surface area contributed by atoms with Crippen molar-refractivity contribution in [2.24, 2.45) is 10.7 Å². The van der Waals surface area contributed by atoms with E-state index in [-0.39, 0.29) is 28.0 Å². The Labute approximate surface area is 185 Å². The summed E-state index contributed by atoms with van der Waals surface area (Å²) in [5.74, 6) is 0.345. The van der Waals surface area contributed by atoms with E-state index >= 15 is 0 Å². The standard InChI is InChI=1S/C21H24N2O6S2/c1-4-9-30-21(22)23-20(25)15-10-17(28-13-14(2)24)12-18(11-15)29-16-5-7-19(8-6-16)31(3,26)27/h4-12,14,24H,13H2,1-3H3,(H2,22,23,25)/b9-4+. The smallest absolute Gasteiger partial charge is 0.279 e. The highest BCUT2D eigenvalue weighted by Gasteiger charge is 2.13. The van der Waals surface area contributed by atoms with Gasteiger partial charge in [-0.15, -0.1) is 0 Å². The molecule has 3 N–H and O–H groups in total. The fourth-order valence-corrected chi connectivity index (χ4v) is 3.32. The number of rotatable bonds is 8. The second-order valence-corrected chi connectivity index (χ2v) is 9.48. The van der Waals surface area contributed by atoms with Gasteiger partial charge in [-0.25, -0.2) is 8.42 Å². The monoisotopic (exact) mass is 464 g/mol. The summed E-state index contributed by atoms with van der Waals surface area (Å²) in [6.45, 7) is 3.40. The summed E-state index contributed by atoms with van der Waals surface area (Å²) in [6, 6.07) is 10.4. The van der Waals surface area contributed by atoms with Gasteiger partial charge in [0.15, 0.2) is 15.0 Å². The van der Waals surface area contributed by atoms with Gasteiger partial charge < -0.3 is 20.3 Å². The Hall–Kier alpha value is -2.82. The molecule has 0 aliphatic carbocycles. The molecule has 0 heterocycles. The molecule has 0 bridgehead atoms. The Morgan fingerprint density at radius 1 is 1.19 bits per heavy atom. The van der Waals surface area contributed by atoms with Crippen molar-refractivity contribution < 1.29 is 27.8 Å². The molecule has 0 radical (unpaired) electrons. The maximum absolute atomic E-state index is 12.5. The average molecular weight is 465 g/mol. The van der Waals surface area contributed by atoms with Crippen LogP contribution in [0.3, 0.4) is 0 Å². The molecule has 0 spiro atoms. The zero-order chi connectivity index (χ0) is 23.0. The molecule has 1 unspecified atom stereocenters. The second kappa shape index (κ2) is 11.0. The van der Waals surface area contributed by atoms with Crippen molar-refractivity contribution in [3.63, 3.8) is 0 Å². The van der Waals surface area contributed by atoms with Gasteiger partial charge >= 0.3 is 0 Å². The number of amidine groups is 1. The van der Waals surface area contributed by atoms with Gasteiger partial charge in [0, 0.05) is 17.9 Å². The fourth-order valence-electron chi connectivity index (χ4n) is 2.27. The van der Waals surface area contributed by atoms with Crippen LogP contribution in [0.25, 0.3) is 0 Å². The number of hydrogen-bond acceptors (Lipinski definition) is 7. The van der Waals surface area contributed by atoms with Gasteiger partial charge in [0.2, 0.25) is 0 Å². The Morgan fingerprint density at radius 3 is 2.42 bits per heavy atom. The highest BCUT2D eigenvalue weighted by Crippen LogP contribution is 2.29. The minimum atomic E-state index is -3.33. The van der Waals surface area contributed by atoms with E-state index < -0.39 is 21.8 Å². The molecule has 8 nitrogen and oxygen atoms in total. The highest BCUT2D eigenvalue weighted by molar-refractivity contribution is 8.16. The van der Waals surface area contributed by atoms with Crippen LogP contribution in [0.5, 0.6) is 17.2 Å². The lowest BCUT2D eigenvalue weighted by molar-refractivity contribution is 0.100. The summed E-state index contributed by atoms with van der Waals surface area (Å²) < 4.78 is 34.5. The molecule has 2 aromatic carbocycles. The van der Waals surface area contributed by atoms with Crippen LogP contribution in [0.1, 0.15) is 24.2 Å². The van der Waals surface area contributed by atoms with Crippen LogP contribution < -0.4 is 15.2 Å². The van der Waals surface area contributed by atoms with Gasteiger partial charge in [0.25, 0.3) is 5.91 Å². The van der Waals surface area contributed by atoms with E-state index in [1.807, 2.05) is 6.92 Å². The Bertz CT molecular complexity index is 1080. The van der Waals surface area contributed by atoms with Crippen LogP contribution >= 0.6 is 11.8 Å². The zero-order valence-electron chi connectivity index (χ0n) is 17.3. The molecule has 0 aliphatic heterocycles. The van der Waals surface area contributed by atoms with Gasteiger partial charge in [0.1, 0.15) is 23.9 Å². The molecule has 0 saturated carbocycles.